The fraction of sp³-hybridized carbons (Fsp3) is 0.167. The van der Waals surface area contributed by atoms with E-state index in [1.165, 1.54) is 6.20 Å². The van der Waals surface area contributed by atoms with Crippen molar-refractivity contribution in [2.75, 3.05) is 6.54 Å². The Kier molecular flexibility index (Phi) is 3.87. The van der Waals surface area contributed by atoms with Gasteiger partial charge in [-0.05, 0) is 12.1 Å². The van der Waals surface area contributed by atoms with E-state index in [4.69, 9.17) is 10.9 Å². The summed E-state index contributed by atoms with van der Waals surface area (Å²) in [4.78, 5) is 20.3. The molecule has 0 saturated heterocycles. The number of nitrogens with two attached hydrogens (primary N) is 1. The van der Waals surface area contributed by atoms with Crippen molar-refractivity contribution >= 4 is 22.8 Å². The van der Waals surface area contributed by atoms with Gasteiger partial charge in [-0.1, -0.05) is 11.2 Å². The number of fused-ring (bicyclic) bond motifs is 1. The first-order valence-corrected chi connectivity index (χ1v) is 5.66. The van der Waals surface area contributed by atoms with E-state index in [-0.39, 0.29) is 24.7 Å². The summed E-state index contributed by atoms with van der Waals surface area (Å²) in [6.45, 7) is 0.283. The minimum absolute atomic E-state index is 0.0676. The van der Waals surface area contributed by atoms with E-state index in [1.54, 1.807) is 24.4 Å². The molecule has 4 N–H and O–H groups in total. The summed E-state index contributed by atoms with van der Waals surface area (Å²) in [6, 6.07) is 5.21. The van der Waals surface area contributed by atoms with Crippen molar-refractivity contribution in [1.29, 1.82) is 0 Å². The smallest absolute Gasteiger partial charge is 0.253 e. The number of hydrogen-bond donors (Lipinski definition) is 3. The lowest BCUT2D eigenvalue weighted by Gasteiger charge is -2.06. The first kappa shape index (κ1) is 12.7. The van der Waals surface area contributed by atoms with Gasteiger partial charge < -0.3 is 16.3 Å². The molecule has 19 heavy (non-hydrogen) atoms. The summed E-state index contributed by atoms with van der Waals surface area (Å²) in [6.07, 6.45) is 3.39. The normalized spacial score (nSPS) is 11.5. The van der Waals surface area contributed by atoms with Crippen LogP contribution in [0.1, 0.15) is 16.8 Å². The predicted molar refractivity (Wildman–Crippen MR) is 69.9 cm³/mol. The Morgan fingerprint density at radius 3 is 2.95 bits per heavy atom. The Morgan fingerprint density at radius 1 is 1.37 bits per heavy atom. The molecule has 0 atom stereocenters. The third-order valence-corrected chi connectivity index (χ3v) is 2.54. The van der Waals surface area contributed by atoms with E-state index >= 15 is 0 Å². The lowest BCUT2D eigenvalue weighted by atomic mass is 10.1. The number of benzene rings is 1. The number of nitrogens with one attached hydrogen (secondary N) is 1. The van der Waals surface area contributed by atoms with Gasteiger partial charge in [-0.15, -0.1) is 0 Å². The zero-order chi connectivity index (χ0) is 13.7. The van der Waals surface area contributed by atoms with Crippen molar-refractivity contribution in [3.8, 4) is 0 Å². The van der Waals surface area contributed by atoms with Gasteiger partial charge >= 0.3 is 0 Å². The molecule has 0 saturated carbocycles. The van der Waals surface area contributed by atoms with Crippen LogP contribution >= 0.6 is 0 Å². The van der Waals surface area contributed by atoms with E-state index in [1.807, 2.05) is 0 Å². The molecule has 1 aromatic heterocycles. The molecular weight excluding hydrogens is 246 g/mol. The van der Waals surface area contributed by atoms with Gasteiger partial charge in [0, 0.05) is 25.4 Å². The van der Waals surface area contributed by atoms with Crippen LogP contribution in [0.5, 0.6) is 0 Å². The van der Waals surface area contributed by atoms with E-state index in [9.17, 15) is 4.79 Å². The number of carbonyl (C=O) groups is 1. The van der Waals surface area contributed by atoms with Crippen molar-refractivity contribution in [2.24, 2.45) is 10.9 Å². The zero-order valence-electron chi connectivity index (χ0n) is 10.1. The number of carbonyl (C=O) groups excluding carboxylic acids is 1. The van der Waals surface area contributed by atoms with E-state index in [0.29, 0.717) is 16.6 Å². The minimum Gasteiger partial charge on any atom is -0.409 e. The summed E-state index contributed by atoms with van der Waals surface area (Å²) < 4.78 is 0. The molecule has 1 heterocycles. The first-order chi connectivity index (χ1) is 9.22. The molecule has 0 aliphatic heterocycles. The fourth-order valence-electron chi connectivity index (χ4n) is 1.63. The summed E-state index contributed by atoms with van der Waals surface area (Å²) in [5.74, 6) is -0.199. The van der Waals surface area contributed by atoms with Gasteiger partial charge in [0.25, 0.3) is 5.91 Å². The monoisotopic (exact) mass is 259 g/mol. The largest absolute Gasteiger partial charge is 0.409 e. The summed E-state index contributed by atoms with van der Waals surface area (Å²) in [5.41, 5.74) is 6.97. The van der Waals surface area contributed by atoms with Crippen molar-refractivity contribution in [2.45, 2.75) is 6.42 Å². The van der Waals surface area contributed by atoms with Crippen LogP contribution in [-0.2, 0) is 0 Å². The van der Waals surface area contributed by atoms with Crippen LogP contribution in [0.3, 0.4) is 0 Å². The maximum Gasteiger partial charge on any atom is 0.253 e. The highest BCUT2D eigenvalue weighted by molar-refractivity contribution is 6.04. The summed E-state index contributed by atoms with van der Waals surface area (Å²) in [5, 5.41) is 13.9. The quantitative estimate of drug-likeness (QED) is 0.320. The van der Waals surface area contributed by atoms with Crippen LogP contribution in [0.4, 0.5) is 0 Å². The molecule has 7 heteroatoms. The maximum absolute atomic E-state index is 12.0. The Bertz CT molecular complexity index is 621. The van der Waals surface area contributed by atoms with Gasteiger partial charge in [0.1, 0.15) is 11.4 Å². The van der Waals surface area contributed by atoms with Crippen molar-refractivity contribution in [3.63, 3.8) is 0 Å². The Hall–Kier alpha value is -2.70. The second-order valence-electron chi connectivity index (χ2n) is 3.83. The number of hydrogen-bond acceptors (Lipinski definition) is 5. The number of nitrogens with zero attached hydrogens (tertiary/aromatic N) is 3. The van der Waals surface area contributed by atoms with Crippen LogP contribution in [0, 0.1) is 0 Å². The van der Waals surface area contributed by atoms with Crippen molar-refractivity contribution < 1.29 is 10.0 Å². The molecule has 0 radical (unpaired) electrons. The number of para-hydroxylation sites is 1. The Balaban J connectivity index is 2.13. The molecule has 7 nitrogen and oxygen atoms in total. The van der Waals surface area contributed by atoms with Gasteiger partial charge in [0.15, 0.2) is 0 Å². The second-order valence-corrected chi connectivity index (χ2v) is 3.83. The van der Waals surface area contributed by atoms with Crippen LogP contribution < -0.4 is 11.1 Å². The van der Waals surface area contributed by atoms with Gasteiger partial charge in [0.2, 0.25) is 0 Å². The molecule has 0 aliphatic carbocycles. The van der Waals surface area contributed by atoms with Crippen LogP contribution in [0.25, 0.3) is 11.0 Å². The van der Waals surface area contributed by atoms with Crippen LogP contribution in [-0.4, -0.2) is 33.5 Å². The van der Waals surface area contributed by atoms with Crippen LogP contribution in [0.15, 0.2) is 35.7 Å². The van der Waals surface area contributed by atoms with Gasteiger partial charge in [0.05, 0.1) is 11.1 Å². The molecular formula is C12H13N5O2. The zero-order valence-corrected chi connectivity index (χ0v) is 10.1. The minimum atomic E-state index is -0.267. The average molecular weight is 259 g/mol. The third-order valence-electron chi connectivity index (χ3n) is 2.54. The number of amidine groups is 1. The second kappa shape index (κ2) is 5.76. The topological polar surface area (TPSA) is 113 Å². The molecule has 1 amide bonds. The number of rotatable bonds is 4. The molecule has 98 valence electrons. The third kappa shape index (κ3) is 2.95. The molecule has 0 fully saturated rings. The van der Waals surface area contributed by atoms with E-state index in [0.717, 1.165) is 0 Å². The fourth-order valence-corrected chi connectivity index (χ4v) is 1.63. The Labute approximate surface area is 109 Å². The highest BCUT2D eigenvalue weighted by Crippen LogP contribution is 2.13. The average Bonchev–Trinajstić information content (AvgIpc) is 2.46. The SMILES string of the molecule is N/C(CCNC(=O)c1cccc2nccnc12)=N/O. The Morgan fingerprint density at radius 2 is 2.16 bits per heavy atom. The molecule has 0 spiro atoms. The van der Waals surface area contributed by atoms with Gasteiger partial charge in [-0.2, -0.15) is 0 Å². The molecule has 0 bridgehead atoms. The molecule has 1 aromatic carbocycles. The van der Waals surface area contributed by atoms with Gasteiger partial charge in [-0.25, -0.2) is 0 Å². The lowest BCUT2D eigenvalue weighted by Crippen LogP contribution is -2.28. The highest BCUT2D eigenvalue weighted by atomic mass is 16.4. The van der Waals surface area contributed by atoms with E-state index in [2.05, 4.69) is 20.4 Å². The first-order valence-electron chi connectivity index (χ1n) is 5.66. The summed E-state index contributed by atoms with van der Waals surface area (Å²) in [7, 11) is 0. The maximum atomic E-state index is 12.0. The predicted octanol–water partition coefficient (Wildman–Crippen LogP) is 0.496. The number of oxime groups is 1. The van der Waals surface area contributed by atoms with E-state index < -0.39 is 0 Å². The van der Waals surface area contributed by atoms with Crippen LogP contribution in [0.2, 0.25) is 0 Å². The van der Waals surface area contributed by atoms with Gasteiger partial charge in [-0.3, -0.25) is 14.8 Å². The molecule has 2 aromatic rings. The lowest BCUT2D eigenvalue weighted by molar-refractivity contribution is 0.0956. The highest BCUT2D eigenvalue weighted by Gasteiger charge is 2.10. The van der Waals surface area contributed by atoms with Crippen molar-refractivity contribution in [3.05, 3.63) is 36.2 Å². The molecule has 0 aliphatic rings. The number of aromatic nitrogens is 2. The number of amides is 1. The molecule has 0 unspecified atom stereocenters. The standard InChI is InChI=1S/C12H13N5O2/c13-10(17-19)4-5-16-12(18)8-2-1-3-9-11(8)15-7-6-14-9/h1-3,6-7,19H,4-5H2,(H2,13,17)(H,16,18). The van der Waals surface area contributed by atoms with Crippen molar-refractivity contribution in [1.82, 2.24) is 15.3 Å². The summed E-state index contributed by atoms with van der Waals surface area (Å²) >= 11 is 0. The molecule has 2 rings (SSSR count).